The number of aromatic nitrogens is 1. The van der Waals surface area contributed by atoms with Gasteiger partial charge in [0.2, 0.25) is 11.8 Å². The summed E-state index contributed by atoms with van der Waals surface area (Å²) in [5.41, 5.74) is 3.11. The van der Waals surface area contributed by atoms with Crippen molar-refractivity contribution in [1.29, 1.82) is 0 Å². The fraction of sp³-hybridized carbons (Fsp3) is 0.0357. The van der Waals surface area contributed by atoms with Gasteiger partial charge in [-0.3, -0.25) is 4.79 Å². The van der Waals surface area contributed by atoms with Crippen molar-refractivity contribution in [3.05, 3.63) is 131 Å². The van der Waals surface area contributed by atoms with Crippen LogP contribution < -0.4 is 10.9 Å². The van der Waals surface area contributed by atoms with E-state index in [0.717, 1.165) is 11.1 Å². The van der Waals surface area contributed by atoms with Crippen LogP contribution in [-0.4, -0.2) is 10.9 Å². The summed E-state index contributed by atoms with van der Waals surface area (Å²) in [4.78, 5) is 30.2. The summed E-state index contributed by atoms with van der Waals surface area (Å²) in [6, 6.07) is 33.5. The zero-order valence-corrected chi connectivity index (χ0v) is 17.6. The van der Waals surface area contributed by atoms with E-state index in [1.54, 1.807) is 42.5 Å². The van der Waals surface area contributed by atoms with E-state index < -0.39 is 11.5 Å². The molecule has 1 N–H and O–H groups in total. The number of benzene rings is 4. The third-order valence-electron chi connectivity index (χ3n) is 5.44. The number of nitrogens with zero attached hydrogens (tertiary/aromatic N) is 1. The van der Waals surface area contributed by atoms with Crippen LogP contribution in [0.4, 0.5) is 5.69 Å². The number of rotatable bonds is 5. The number of carbonyl (C=O) groups excluding carboxylic acids is 1. The number of carbonyl (C=O) groups is 1. The minimum Gasteiger partial charge on any atom is -0.403 e. The van der Waals surface area contributed by atoms with Crippen LogP contribution in [0.2, 0.25) is 0 Å². The number of para-hydroxylation sites is 1. The third kappa shape index (κ3) is 4.29. The van der Waals surface area contributed by atoms with E-state index in [9.17, 15) is 9.59 Å². The molecule has 5 aromatic rings. The lowest BCUT2D eigenvalue weighted by Crippen LogP contribution is -2.22. The normalized spacial score (nSPS) is 10.9. The summed E-state index contributed by atoms with van der Waals surface area (Å²) in [7, 11) is 0. The maximum Gasteiger partial charge on any atom is 0.347 e. The average molecular weight is 432 g/mol. The first kappa shape index (κ1) is 20.4. The molecule has 0 aliphatic heterocycles. The molecule has 5 heteroatoms. The highest BCUT2D eigenvalue weighted by Crippen LogP contribution is 2.27. The monoisotopic (exact) mass is 432 g/mol. The van der Waals surface area contributed by atoms with Crippen LogP contribution in [0.3, 0.4) is 0 Å². The van der Waals surface area contributed by atoms with Crippen molar-refractivity contribution in [2.75, 3.05) is 5.32 Å². The van der Waals surface area contributed by atoms with E-state index in [0.29, 0.717) is 22.2 Å². The van der Waals surface area contributed by atoms with Crippen molar-refractivity contribution >= 4 is 22.5 Å². The van der Waals surface area contributed by atoms with Crippen LogP contribution in [0.25, 0.3) is 22.4 Å². The van der Waals surface area contributed by atoms with Gasteiger partial charge in [0.05, 0.1) is 16.8 Å². The van der Waals surface area contributed by atoms with Crippen molar-refractivity contribution in [3.8, 4) is 11.5 Å². The Labute approximate surface area is 190 Å². The van der Waals surface area contributed by atoms with Crippen LogP contribution in [0.5, 0.6) is 0 Å². The van der Waals surface area contributed by atoms with Gasteiger partial charge < -0.3 is 9.73 Å². The average Bonchev–Trinajstić information content (AvgIpc) is 2.86. The predicted molar refractivity (Wildman–Crippen MR) is 129 cm³/mol. The number of hydrogen-bond acceptors (Lipinski definition) is 4. The minimum atomic E-state index is -0.465. The third-order valence-corrected chi connectivity index (χ3v) is 5.44. The largest absolute Gasteiger partial charge is 0.403 e. The van der Waals surface area contributed by atoms with E-state index in [2.05, 4.69) is 10.3 Å². The highest BCUT2D eigenvalue weighted by Gasteiger charge is 2.23. The summed E-state index contributed by atoms with van der Waals surface area (Å²) >= 11 is 0. The van der Waals surface area contributed by atoms with Gasteiger partial charge in [-0.15, -0.1) is 0 Å². The van der Waals surface area contributed by atoms with Gasteiger partial charge in [-0.1, -0.05) is 78.9 Å². The molecule has 0 unspecified atom stereocenters. The number of hydrogen-bond donors (Lipinski definition) is 1. The second-order valence-electron chi connectivity index (χ2n) is 7.65. The molecule has 1 heterocycles. The van der Waals surface area contributed by atoms with Gasteiger partial charge in [-0.25, -0.2) is 9.78 Å². The van der Waals surface area contributed by atoms with Crippen LogP contribution >= 0.6 is 0 Å². The number of fused-ring (bicyclic) bond motifs is 1. The molecule has 5 rings (SSSR count). The summed E-state index contributed by atoms with van der Waals surface area (Å²) in [6.45, 7) is 0. The Kier molecular flexibility index (Phi) is 5.52. The molecule has 33 heavy (non-hydrogen) atoms. The molecule has 0 saturated heterocycles. The molecule has 0 spiro atoms. The van der Waals surface area contributed by atoms with Gasteiger partial charge in [0.25, 0.3) is 0 Å². The summed E-state index contributed by atoms with van der Waals surface area (Å²) in [5.74, 6) is -0.414. The Morgan fingerprint density at radius 1 is 0.758 bits per heavy atom. The van der Waals surface area contributed by atoms with Gasteiger partial charge in [0, 0.05) is 11.3 Å². The zero-order chi connectivity index (χ0) is 22.6. The topological polar surface area (TPSA) is 72.2 Å². The molecule has 1 aromatic heterocycles. The zero-order valence-electron chi connectivity index (χ0n) is 17.6. The molecule has 0 atom stereocenters. The Morgan fingerprint density at radius 3 is 2.09 bits per heavy atom. The van der Waals surface area contributed by atoms with E-state index in [-0.39, 0.29) is 11.8 Å². The Balaban J connectivity index is 1.48. The fourth-order valence-electron chi connectivity index (χ4n) is 3.87. The molecule has 0 aliphatic rings. The Morgan fingerprint density at radius 2 is 1.39 bits per heavy atom. The molecule has 1 amide bonds. The van der Waals surface area contributed by atoms with Gasteiger partial charge in [0.1, 0.15) is 0 Å². The molecule has 0 aliphatic carbocycles. The lowest BCUT2D eigenvalue weighted by molar-refractivity contribution is -0.116. The van der Waals surface area contributed by atoms with Crippen LogP contribution in [0.1, 0.15) is 17.0 Å². The molecule has 4 aromatic carbocycles. The second kappa shape index (κ2) is 8.93. The van der Waals surface area contributed by atoms with Gasteiger partial charge in [0.15, 0.2) is 0 Å². The Hall–Kier alpha value is -4.51. The predicted octanol–water partition coefficient (Wildman–Crippen LogP) is 5.63. The SMILES string of the molecule is O=C(Nc1cccc(-c2nc3ccccc3c(=O)o2)c1)C(c1ccccc1)c1ccccc1. The van der Waals surface area contributed by atoms with Gasteiger partial charge in [-0.2, -0.15) is 0 Å². The summed E-state index contributed by atoms with van der Waals surface area (Å²) < 4.78 is 5.44. The van der Waals surface area contributed by atoms with Crippen LogP contribution in [0, 0.1) is 0 Å². The highest BCUT2D eigenvalue weighted by atomic mass is 16.4. The number of amides is 1. The van der Waals surface area contributed by atoms with Crippen molar-refractivity contribution in [2.45, 2.75) is 5.92 Å². The maximum absolute atomic E-state index is 13.4. The van der Waals surface area contributed by atoms with Crippen molar-refractivity contribution < 1.29 is 9.21 Å². The molecular formula is C28H20N2O3. The van der Waals surface area contributed by atoms with Crippen LogP contribution in [0.15, 0.2) is 118 Å². The molecule has 160 valence electrons. The summed E-state index contributed by atoms with van der Waals surface area (Å²) in [5, 5.41) is 3.44. The van der Waals surface area contributed by atoms with Crippen LogP contribution in [-0.2, 0) is 4.79 Å². The van der Waals surface area contributed by atoms with E-state index >= 15 is 0 Å². The number of nitrogens with one attached hydrogen (secondary N) is 1. The standard InChI is InChI=1S/C28H20N2O3/c31-26(25(19-10-3-1-4-11-19)20-12-5-2-6-13-20)29-22-15-9-14-21(18-22)27-30-24-17-8-7-16-23(24)28(32)33-27/h1-18,25H,(H,29,31). The lowest BCUT2D eigenvalue weighted by Gasteiger charge is -2.18. The molecule has 5 nitrogen and oxygen atoms in total. The fourth-order valence-corrected chi connectivity index (χ4v) is 3.87. The van der Waals surface area contributed by atoms with E-state index in [1.165, 1.54) is 0 Å². The minimum absolute atomic E-state index is 0.155. The quantitative estimate of drug-likeness (QED) is 0.391. The highest BCUT2D eigenvalue weighted by molar-refractivity contribution is 5.98. The molecule has 0 saturated carbocycles. The van der Waals surface area contributed by atoms with Gasteiger partial charge >= 0.3 is 5.63 Å². The van der Waals surface area contributed by atoms with E-state index in [4.69, 9.17) is 4.42 Å². The number of anilines is 1. The van der Waals surface area contributed by atoms with E-state index in [1.807, 2.05) is 66.7 Å². The molecule has 0 bridgehead atoms. The smallest absolute Gasteiger partial charge is 0.347 e. The molecule has 0 radical (unpaired) electrons. The van der Waals surface area contributed by atoms with Gasteiger partial charge in [-0.05, 0) is 41.5 Å². The second-order valence-corrected chi connectivity index (χ2v) is 7.65. The first-order valence-electron chi connectivity index (χ1n) is 10.6. The molecular weight excluding hydrogens is 412 g/mol. The van der Waals surface area contributed by atoms with Crippen molar-refractivity contribution in [3.63, 3.8) is 0 Å². The van der Waals surface area contributed by atoms with Crippen molar-refractivity contribution in [1.82, 2.24) is 4.98 Å². The summed E-state index contributed by atoms with van der Waals surface area (Å²) in [6.07, 6.45) is 0. The first-order valence-corrected chi connectivity index (χ1v) is 10.6. The van der Waals surface area contributed by atoms with Crippen molar-refractivity contribution in [2.24, 2.45) is 0 Å². The first-order chi connectivity index (χ1) is 16.2. The maximum atomic E-state index is 13.4. The Bertz CT molecular complexity index is 1440. The molecule has 0 fully saturated rings. The lowest BCUT2D eigenvalue weighted by atomic mass is 9.90.